The van der Waals surface area contributed by atoms with Crippen LogP contribution in [-0.4, -0.2) is 11.7 Å². The molecular formula is C53H35N3O. The van der Waals surface area contributed by atoms with Crippen LogP contribution in [0.2, 0.25) is 0 Å². The first-order valence-corrected chi connectivity index (χ1v) is 19.3. The molecule has 10 aromatic rings. The van der Waals surface area contributed by atoms with E-state index in [9.17, 15) is 0 Å². The fourth-order valence-corrected chi connectivity index (χ4v) is 8.15. The Morgan fingerprint density at radius 2 is 0.895 bits per heavy atom. The highest BCUT2D eigenvalue weighted by Crippen LogP contribution is 2.40. The van der Waals surface area contributed by atoms with Gasteiger partial charge in [0.25, 0.3) is 0 Å². The molecule has 1 aliphatic heterocycles. The molecule has 4 heteroatoms. The lowest BCUT2D eigenvalue weighted by molar-refractivity contribution is 0.669. The molecule has 1 aromatic heterocycles. The summed E-state index contributed by atoms with van der Waals surface area (Å²) in [4.78, 5) is 10.5. The SMILES string of the molecule is c1ccc(-c2ccc3cc(C4=NC(c5ccc(-c6cc(-c7ccccc7)c7c(c6)oc6ccccc67)cc5)N=C(c5ccc6ccccc6c5)N4)ccc3c2)cc1. The van der Waals surface area contributed by atoms with Crippen LogP contribution in [0.15, 0.2) is 215 Å². The second-order valence-electron chi connectivity index (χ2n) is 14.6. The maximum absolute atomic E-state index is 6.44. The quantitative estimate of drug-likeness (QED) is 0.185. The summed E-state index contributed by atoms with van der Waals surface area (Å²) < 4.78 is 6.44. The van der Waals surface area contributed by atoms with Crippen LogP contribution >= 0.6 is 0 Å². The van der Waals surface area contributed by atoms with Crippen molar-refractivity contribution in [3.8, 4) is 33.4 Å². The summed E-state index contributed by atoms with van der Waals surface area (Å²) >= 11 is 0. The summed E-state index contributed by atoms with van der Waals surface area (Å²) in [6.07, 6.45) is -0.439. The minimum absolute atomic E-state index is 0.439. The maximum Gasteiger partial charge on any atom is 0.169 e. The fourth-order valence-electron chi connectivity index (χ4n) is 8.15. The molecular weight excluding hydrogens is 695 g/mol. The summed E-state index contributed by atoms with van der Waals surface area (Å²) in [6, 6.07) is 70.6. The monoisotopic (exact) mass is 729 g/mol. The molecule has 1 unspecified atom stereocenters. The van der Waals surface area contributed by atoms with E-state index >= 15 is 0 Å². The van der Waals surface area contributed by atoms with Gasteiger partial charge in [-0.05, 0) is 96.9 Å². The van der Waals surface area contributed by atoms with Crippen molar-refractivity contribution in [2.24, 2.45) is 9.98 Å². The van der Waals surface area contributed by atoms with Gasteiger partial charge in [0.2, 0.25) is 0 Å². The first kappa shape index (κ1) is 32.8. The third kappa shape index (κ3) is 6.05. The second-order valence-corrected chi connectivity index (χ2v) is 14.6. The van der Waals surface area contributed by atoms with Crippen LogP contribution < -0.4 is 5.32 Å². The zero-order chi connectivity index (χ0) is 37.7. The van der Waals surface area contributed by atoms with E-state index in [1.54, 1.807) is 0 Å². The molecule has 0 bridgehead atoms. The lowest BCUT2D eigenvalue weighted by Crippen LogP contribution is -2.36. The van der Waals surface area contributed by atoms with Gasteiger partial charge in [0.1, 0.15) is 22.8 Å². The molecule has 0 aliphatic carbocycles. The normalized spacial score (nSPS) is 14.1. The number of hydrogen-bond acceptors (Lipinski definition) is 4. The summed E-state index contributed by atoms with van der Waals surface area (Å²) in [7, 11) is 0. The number of nitrogens with zero attached hydrogens (tertiary/aromatic N) is 2. The largest absolute Gasteiger partial charge is 0.456 e. The van der Waals surface area contributed by atoms with Crippen molar-refractivity contribution in [3.05, 3.63) is 217 Å². The van der Waals surface area contributed by atoms with Gasteiger partial charge >= 0.3 is 0 Å². The van der Waals surface area contributed by atoms with E-state index < -0.39 is 6.17 Å². The Morgan fingerprint density at radius 3 is 1.61 bits per heavy atom. The average molecular weight is 730 g/mol. The Labute approximate surface area is 330 Å². The van der Waals surface area contributed by atoms with E-state index in [1.807, 2.05) is 12.1 Å². The fraction of sp³-hybridized carbons (Fsp3) is 0.0189. The topological polar surface area (TPSA) is 49.9 Å². The molecule has 268 valence electrons. The van der Waals surface area contributed by atoms with Gasteiger partial charge in [-0.1, -0.05) is 164 Å². The van der Waals surface area contributed by atoms with Crippen LogP contribution in [-0.2, 0) is 0 Å². The molecule has 0 radical (unpaired) electrons. The molecule has 11 rings (SSSR count). The predicted octanol–water partition coefficient (Wildman–Crippen LogP) is 13.4. The van der Waals surface area contributed by atoms with Crippen molar-refractivity contribution in [2.45, 2.75) is 6.17 Å². The number of hydrogen-bond donors (Lipinski definition) is 1. The third-order valence-electron chi connectivity index (χ3n) is 11.1. The number of benzene rings is 9. The summed E-state index contributed by atoms with van der Waals surface area (Å²) in [6.45, 7) is 0. The van der Waals surface area contributed by atoms with Crippen LogP contribution in [0.25, 0.3) is 76.9 Å². The Morgan fingerprint density at radius 1 is 0.368 bits per heavy atom. The number of nitrogens with one attached hydrogen (secondary N) is 1. The highest BCUT2D eigenvalue weighted by atomic mass is 16.3. The minimum Gasteiger partial charge on any atom is -0.456 e. The van der Waals surface area contributed by atoms with Gasteiger partial charge in [0.15, 0.2) is 6.17 Å². The van der Waals surface area contributed by atoms with Crippen LogP contribution in [0.4, 0.5) is 0 Å². The van der Waals surface area contributed by atoms with Gasteiger partial charge in [-0.25, -0.2) is 9.98 Å². The smallest absolute Gasteiger partial charge is 0.169 e. The van der Waals surface area contributed by atoms with Gasteiger partial charge < -0.3 is 9.73 Å². The molecule has 0 amide bonds. The van der Waals surface area contributed by atoms with Crippen molar-refractivity contribution in [3.63, 3.8) is 0 Å². The van der Waals surface area contributed by atoms with E-state index in [-0.39, 0.29) is 0 Å². The maximum atomic E-state index is 6.44. The van der Waals surface area contributed by atoms with Gasteiger partial charge in [0, 0.05) is 21.9 Å². The minimum atomic E-state index is -0.439. The first-order chi connectivity index (χ1) is 28.2. The number of para-hydroxylation sites is 1. The van der Waals surface area contributed by atoms with Crippen LogP contribution in [0.5, 0.6) is 0 Å². The number of rotatable bonds is 6. The van der Waals surface area contributed by atoms with Crippen molar-refractivity contribution in [1.29, 1.82) is 0 Å². The highest BCUT2D eigenvalue weighted by Gasteiger charge is 2.22. The summed E-state index contributed by atoms with van der Waals surface area (Å²) in [5.74, 6) is 1.58. The molecule has 57 heavy (non-hydrogen) atoms. The van der Waals surface area contributed by atoms with E-state index in [2.05, 4.69) is 193 Å². The number of amidine groups is 2. The van der Waals surface area contributed by atoms with Gasteiger partial charge in [0.05, 0.1) is 0 Å². The lowest BCUT2D eigenvalue weighted by Gasteiger charge is -2.23. The molecule has 0 spiro atoms. The zero-order valence-corrected chi connectivity index (χ0v) is 30.9. The van der Waals surface area contributed by atoms with Gasteiger partial charge in [-0.2, -0.15) is 0 Å². The molecule has 0 saturated carbocycles. The summed E-state index contributed by atoms with van der Waals surface area (Å²) in [5, 5.41) is 10.6. The van der Waals surface area contributed by atoms with Gasteiger partial charge in [-0.3, -0.25) is 0 Å². The molecule has 2 heterocycles. The standard InChI is InChI=1S/C53H35N3O/c1-3-11-34(12-4-1)40-24-25-42-31-44(28-26-41(42)29-40)53-55-51(54-52(56-53)43-27-21-35-13-7-8-16-39(35)30-43)38-22-19-36(20-23-38)45-32-47(37-14-5-2-6-15-37)50-46-17-9-10-18-48(46)57-49(50)33-45/h1-33,51H,(H,54,55,56). The van der Waals surface area contributed by atoms with Crippen LogP contribution in [0, 0.1) is 0 Å². The van der Waals surface area contributed by atoms with E-state index in [0.717, 1.165) is 77.9 Å². The van der Waals surface area contributed by atoms with E-state index in [0.29, 0.717) is 0 Å². The Bertz CT molecular complexity index is 3200. The van der Waals surface area contributed by atoms with Crippen LogP contribution in [0.1, 0.15) is 22.9 Å². The summed E-state index contributed by atoms with van der Waals surface area (Å²) in [5.41, 5.74) is 11.7. The second kappa shape index (κ2) is 13.6. The zero-order valence-electron chi connectivity index (χ0n) is 30.9. The molecule has 1 N–H and O–H groups in total. The average Bonchev–Trinajstić information content (AvgIpc) is 3.67. The Balaban J connectivity index is 0.989. The third-order valence-corrected chi connectivity index (χ3v) is 11.1. The predicted molar refractivity (Wildman–Crippen MR) is 237 cm³/mol. The van der Waals surface area contributed by atoms with Crippen molar-refractivity contribution in [2.75, 3.05) is 0 Å². The van der Waals surface area contributed by atoms with Crippen LogP contribution in [0.3, 0.4) is 0 Å². The molecule has 0 saturated heterocycles. The molecule has 9 aromatic carbocycles. The van der Waals surface area contributed by atoms with Crippen molar-refractivity contribution < 1.29 is 4.42 Å². The molecule has 4 nitrogen and oxygen atoms in total. The number of fused-ring (bicyclic) bond motifs is 5. The van der Waals surface area contributed by atoms with Gasteiger partial charge in [-0.15, -0.1) is 0 Å². The first-order valence-electron chi connectivity index (χ1n) is 19.3. The van der Waals surface area contributed by atoms with Crippen molar-refractivity contribution in [1.82, 2.24) is 5.32 Å². The number of aliphatic imine (C=N–C) groups is 2. The van der Waals surface area contributed by atoms with E-state index in [4.69, 9.17) is 14.4 Å². The number of furan rings is 1. The Hall–Kier alpha value is -7.56. The molecule has 1 atom stereocenters. The van der Waals surface area contributed by atoms with E-state index in [1.165, 1.54) is 27.3 Å². The molecule has 0 fully saturated rings. The molecule has 1 aliphatic rings. The Kier molecular flexibility index (Phi) is 7.85. The highest BCUT2D eigenvalue weighted by molar-refractivity contribution is 6.17. The lowest BCUT2D eigenvalue weighted by atomic mass is 9.94. The van der Waals surface area contributed by atoms with Crippen molar-refractivity contribution >= 4 is 55.2 Å².